The molecule has 5 heteroatoms. The molecule has 19 heavy (non-hydrogen) atoms. The Labute approximate surface area is 113 Å². The Balaban J connectivity index is 1.98. The second kappa shape index (κ2) is 5.57. The van der Waals surface area contributed by atoms with Crippen LogP contribution in [0.15, 0.2) is 18.2 Å². The van der Waals surface area contributed by atoms with Gasteiger partial charge in [0.2, 0.25) is 0 Å². The van der Waals surface area contributed by atoms with Gasteiger partial charge in [-0.15, -0.1) is 0 Å². The zero-order valence-corrected chi connectivity index (χ0v) is 11.7. The van der Waals surface area contributed by atoms with Gasteiger partial charge in [0.25, 0.3) is 5.69 Å². The minimum Gasteiger partial charge on any atom is -0.383 e. The third kappa shape index (κ3) is 3.44. The Kier molecular flexibility index (Phi) is 4.04. The lowest BCUT2D eigenvalue weighted by Crippen LogP contribution is -2.36. The number of hydrogen-bond acceptors (Lipinski definition) is 4. The molecule has 1 aromatic rings. The highest BCUT2D eigenvalue weighted by atomic mass is 16.6. The van der Waals surface area contributed by atoms with E-state index in [2.05, 4.69) is 24.2 Å². The largest absolute Gasteiger partial charge is 0.383 e. The fraction of sp³-hybridized carbons (Fsp3) is 0.571. The van der Waals surface area contributed by atoms with Crippen LogP contribution in [0.5, 0.6) is 0 Å². The van der Waals surface area contributed by atoms with Crippen molar-refractivity contribution < 1.29 is 4.92 Å². The molecular formula is C14H21N3O2. The summed E-state index contributed by atoms with van der Waals surface area (Å²) in [5, 5.41) is 14.1. The molecule has 104 valence electrons. The van der Waals surface area contributed by atoms with Gasteiger partial charge in [-0.05, 0) is 39.3 Å². The fourth-order valence-corrected chi connectivity index (χ4v) is 2.16. The molecule has 0 aromatic heterocycles. The van der Waals surface area contributed by atoms with Gasteiger partial charge >= 0.3 is 0 Å². The maximum atomic E-state index is 10.8. The van der Waals surface area contributed by atoms with E-state index in [0.717, 1.165) is 23.8 Å². The molecule has 2 rings (SSSR count). The van der Waals surface area contributed by atoms with Crippen LogP contribution in [-0.4, -0.2) is 35.5 Å². The van der Waals surface area contributed by atoms with Gasteiger partial charge in [0.05, 0.1) is 4.92 Å². The number of aryl methyl sites for hydroxylation is 1. The Morgan fingerprint density at radius 3 is 2.79 bits per heavy atom. The summed E-state index contributed by atoms with van der Waals surface area (Å²) >= 11 is 0. The van der Waals surface area contributed by atoms with E-state index in [0.29, 0.717) is 6.04 Å². The van der Waals surface area contributed by atoms with E-state index in [4.69, 9.17) is 0 Å². The van der Waals surface area contributed by atoms with Crippen molar-refractivity contribution in [3.63, 3.8) is 0 Å². The summed E-state index contributed by atoms with van der Waals surface area (Å²) in [5.41, 5.74) is 2.02. The quantitative estimate of drug-likeness (QED) is 0.633. The first kappa shape index (κ1) is 13.8. The van der Waals surface area contributed by atoms with Gasteiger partial charge in [0.15, 0.2) is 0 Å². The van der Waals surface area contributed by atoms with Gasteiger partial charge in [-0.2, -0.15) is 0 Å². The molecule has 5 nitrogen and oxygen atoms in total. The second-order valence-corrected chi connectivity index (χ2v) is 5.38. The molecule has 0 heterocycles. The van der Waals surface area contributed by atoms with E-state index in [-0.39, 0.29) is 10.6 Å². The summed E-state index contributed by atoms with van der Waals surface area (Å²) in [6.07, 6.45) is 2.58. The Morgan fingerprint density at radius 2 is 2.21 bits per heavy atom. The van der Waals surface area contributed by atoms with E-state index in [9.17, 15) is 10.1 Å². The third-order valence-corrected chi connectivity index (χ3v) is 3.84. The van der Waals surface area contributed by atoms with Crippen molar-refractivity contribution in [3.05, 3.63) is 33.9 Å². The lowest BCUT2D eigenvalue weighted by atomic mass is 10.1. The molecule has 1 fully saturated rings. The summed E-state index contributed by atoms with van der Waals surface area (Å²) in [4.78, 5) is 12.8. The number of non-ortho nitro benzene ring substituents is 1. The normalized spacial score (nSPS) is 16.4. The number of rotatable bonds is 6. The molecule has 1 aliphatic rings. The van der Waals surface area contributed by atoms with Crippen molar-refractivity contribution in [3.8, 4) is 0 Å². The lowest BCUT2D eigenvalue weighted by molar-refractivity contribution is -0.384. The number of nitro benzene ring substituents is 1. The van der Waals surface area contributed by atoms with E-state index in [1.165, 1.54) is 12.8 Å². The minimum atomic E-state index is -0.357. The van der Waals surface area contributed by atoms with Crippen molar-refractivity contribution in [1.82, 2.24) is 4.90 Å². The van der Waals surface area contributed by atoms with Crippen molar-refractivity contribution in [2.45, 2.75) is 38.8 Å². The van der Waals surface area contributed by atoms with Crippen molar-refractivity contribution in [1.29, 1.82) is 0 Å². The highest BCUT2D eigenvalue weighted by Gasteiger charge is 2.28. The van der Waals surface area contributed by atoms with E-state index < -0.39 is 0 Å². The molecule has 0 bridgehead atoms. The minimum absolute atomic E-state index is 0.135. The maximum Gasteiger partial charge on any atom is 0.271 e. The topological polar surface area (TPSA) is 58.4 Å². The van der Waals surface area contributed by atoms with Crippen LogP contribution < -0.4 is 5.32 Å². The van der Waals surface area contributed by atoms with Crippen LogP contribution in [0.3, 0.4) is 0 Å². The van der Waals surface area contributed by atoms with E-state index in [1.807, 2.05) is 6.92 Å². The van der Waals surface area contributed by atoms with Crippen molar-refractivity contribution >= 4 is 11.4 Å². The van der Waals surface area contributed by atoms with Crippen molar-refractivity contribution in [2.75, 3.05) is 18.9 Å². The van der Waals surface area contributed by atoms with E-state index >= 15 is 0 Å². The number of likely N-dealkylation sites (N-methyl/N-ethyl adjacent to an activating group) is 1. The highest BCUT2D eigenvalue weighted by Crippen LogP contribution is 2.27. The lowest BCUT2D eigenvalue weighted by Gasteiger charge is -2.25. The van der Waals surface area contributed by atoms with Crippen LogP contribution in [-0.2, 0) is 0 Å². The second-order valence-electron chi connectivity index (χ2n) is 5.38. The molecular weight excluding hydrogens is 242 g/mol. The molecule has 1 aromatic carbocycles. The molecule has 1 aliphatic carbocycles. The average molecular weight is 263 g/mol. The molecule has 0 radical (unpaired) electrons. The van der Waals surface area contributed by atoms with Gasteiger partial charge in [0.1, 0.15) is 0 Å². The monoisotopic (exact) mass is 263 g/mol. The predicted molar refractivity (Wildman–Crippen MR) is 76.6 cm³/mol. The third-order valence-electron chi connectivity index (χ3n) is 3.84. The molecule has 0 aliphatic heterocycles. The number of nitrogens with zero attached hydrogens (tertiary/aromatic N) is 2. The maximum absolute atomic E-state index is 10.8. The zero-order chi connectivity index (χ0) is 14.0. The van der Waals surface area contributed by atoms with Crippen LogP contribution in [0, 0.1) is 17.0 Å². The number of hydrogen-bond donors (Lipinski definition) is 1. The molecule has 0 saturated heterocycles. The van der Waals surface area contributed by atoms with Gasteiger partial charge < -0.3 is 5.32 Å². The summed E-state index contributed by atoms with van der Waals surface area (Å²) in [5.74, 6) is 0. The molecule has 1 unspecified atom stereocenters. The summed E-state index contributed by atoms with van der Waals surface area (Å²) < 4.78 is 0. The molecule has 1 saturated carbocycles. The summed E-state index contributed by atoms with van der Waals surface area (Å²) in [7, 11) is 2.14. The summed E-state index contributed by atoms with van der Waals surface area (Å²) in [6, 6.07) is 6.09. The Hall–Kier alpha value is -1.62. The first-order valence-corrected chi connectivity index (χ1v) is 6.70. The van der Waals surface area contributed by atoms with E-state index in [1.54, 1.807) is 18.2 Å². The SMILES string of the molecule is Cc1ccc([N+](=O)[O-])cc1NCC(C)N(C)C1CC1. The Bertz CT molecular complexity index is 472. The number of benzene rings is 1. The van der Waals surface area contributed by atoms with Gasteiger partial charge in [-0.3, -0.25) is 15.0 Å². The summed E-state index contributed by atoms with van der Waals surface area (Å²) in [6.45, 7) is 4.94. The van der Waals surface area contributed by atoms with Gasteiger partial charge in [0, 0.05) is 36.4 Å². The highest BCUT2D eigenvalue weighted by molar-refractivity contribution is 5.56. The van der Waals surface area contributed by atoms with Gasteiger partial charge in [-0.1, -0.05) is 6.07 Å². The fourth-order valence-electron chi connectivity index (χ4n) is 2.16. The van der Waals surface area contributed by atoms with Crippen LogP contribution >= 0.6 is 0 Å². The Morgan fingerprint density at radius 1 is 1.53 bits per heavy atom. The van der Waals surface area contributed by atoms with Crippen molar-refractivity contribution in [2.24, 2.45) is 0 Å². The predicted octanol–water partition coefficient (Wildman–Crippen LogP) is 2.80. The first-order chi connectivity index (χ1) is 8.99. The first-order valence-electron chi connectivity index (χ1n) is 6.70. The van der Waals surface area contributed by atoms with Crippen LogP contribution in [0.1, 0.15) is 25.3 Å². The van der Waals surface area contributed by atoms with Crippen LogP contribution in [0.2, 0.25) is 0 Å². The van der Waals surface area contributed by atoms with Crippen LogP contribution in [0.25, 0.3) is 0 Å². The van der Waals surface area contributed by atoms with Gasteiger partial charge in [-0.25, -0.2) is 0 Å². The smallest absolute Gasteiger partial charge is 0.271 e. The zero-order valence-electron chi connectivity index (χ0n) is 11.7. The number of nitrogens with one attached hydrogen (secondary N) is 1. The number of anilines is 1. The molecule has 0 spiro atoms. The average Bonchev–Trinajstić information content (AvgIpc) is 3.20. The molecule has 0 amide bonds. The van der Waals surface area contributed by atoms with Crippen LogP contribution in [0.4, 0.5) is 11.4 Å². The molecule has 1 atom stereocenters. The standard InChI is InChI=1S/C14H21N3O2/c1-10-4-5-13(17(18)19)8-14(10)15-9-11(2)16(3)12-6-7-12/h4-5,8,11-12,15H,6-7,9H2,1-3H3. The number of nitro groups is 1. The molecule has 1 N–H and O–H groups in total.